The van der Waals surface area contributed by atoms with Crippen LogP contribution in [0.4, 0.5) is 0 Å². The second kappa shape index (κ2) is 6.17. The van der Waals surface area contributed by atoms with Crippen molar-refractivity contribution in [1.29, 1.82) is 0 Å². The van der Waals surface area contributed by atoms with Crippen LogP contribution in [0.1, 0.15) is 32.8 Å². The summed E-state index contributed by atoms with van der Waals surface area (Å²) in [6.07, 6.45) is 3.08. The normalized spacial score (nSPS) is 14.7. The summed E-state index contributed by atoms with van der Waals surface area (Å²) in [7, 11) is -3.07. The Hall–Kier alpha value is -0.390. The first-order valence-corrected chi connectivity index (χ1v) is 9.06. The van der Waals surface area contributed by atoms with E-state index in [1.54, 1.807) is 11.3 Å². The minimum atomic E-state index is -3.07. The predicted molar refractivity (Wildman–Crippen MR) is 79.0 cm³/mol. The molecule has 0 radical (unpaired) electrons. The van der Waals surface area contributed by atoms with Gasteiger partial charge in [-0.2, -0.15) is 11.3 Å². The lowest BCUT2D eigenvalue weighted by molar-refractivity contribution is 0.395. The standard InChI is InChI=1S/C13H23NO2S2/c1-5-14-12(13(2,3)18(4,15)16)7-6-11-8-9-17-10-11/h8-10,12,14H,5-7H2,1-4H3. The lowest BCUT2D eigenvalue weighted by Gasteiger charge is -2.33. The molecule has 5 heteroatoms. The van der Waals surface area contributed by atoms with E-state index in [-0.39, 0.29) is 6.04 Å². The van der Waals surface area contributed by atoms with Crippen LogP contribution in [-0.2, 0) is 16.3 Å². The highest BCUT2D eigenvalue weighted by atomic mass is 32.2. The van der Waals surface area contributed by atoms with Crippen molar-refractivity contribution in [2.75, 3.05) is 12.8 Å². The zero-order valence-electron chi connectivity index (χ0n) is 11.6. The van der Waals surface area contributed by atoms with Crippen LogP contribution in [0, 0.1) is 0 Å². The predicted octanol–water partition coefficient (Wildman–Crippen LogP) is 2.48. The molecule has 1 atom stereocenters. The Morgan fingerprint density at radius 2 is 2.11 bits per heavy atom. The maximum Gasteiger partial charge on any atom is 0.154 e. The van der Waals surface area contributed by atoms with E-state index in [0.717, 1.165) is 19.4 Å². The molecule has 1 rings (SSSR count). The topological polar surface area (TPSA) is 46.2 Å². The van der Waals surface area contributed by atoms with Gasteiger partial charge in [0.15, 0.2) is 9.84 Å². The monoisotopic (exact) mass is 289 g/mol. The van der Waals surface area contributed by atoms with Gasteiger partial charge in [0, 0.05) is 12.3 Å². The van der Waals surface area contributed by atoms with Crippen LogP contribution in [0.2, 0.25) is 0 Å². The molecule has 0 fully saturated rings. The first kappa shape index (κ1) is 15.7. The van der Waals surface area contributed by atoms with Crippen molar-refractivity contribution in [1.82, 2.24) is 5.32 Å². The van der Waals surface area contributed by atoms with Crippen molar-refractivity contribution in [3.05, 3.63) is 22.4 Å². The number of hydrogen-bond donors (Lipinski definition) is 1. The molecule has 0 aliphatic rings. The summed E-state index contributed by atoms with van der Waals surface area (Å²) in [6.45, 7) is 6.41. The van der Waals surface area contributed by atoms with Crippen LogP contribution in [0.5, 0.6) is 0 Å². The van der Waals surface area contributed by atoms with Gasteiger partial charge in [-0.05, 0) is 55.6 Å². The Balaban J connectivity index is 2.76. The molecule has 104 valence electrons. The van der Waals surface area contributed by atoms with Crippen LogP contribution in [-0.4, -0.2) is 32.0 Å². The molecule has 0 amide bonds. The quantitative estimate of drug-likeness (QED) is 0.839. The average molecular weight is 289 g/mol. The smallest absolute Gasteiger partial charge is 0.154 e. The number of aryl methyl sites for hydroxylation is 1. The summed E-state index contributed by atoms with van der Waals surface area (Å²) >= 11 is 1.68. The van der Waals surface area contributed by atoms with Gasteiger partial charge in [0.25, 0.3) is 0 Å². The number of rotatable bonds is 7. The van der Waals surface area contributed by atoms with E-state index in [1.807, 2.05) is 20.8 Å². The fraction of sp³-hybridized carbons (Fsp3) is 0.692. The zero-order chi connectivity index (χ0) is 13.8. The van der Waals surface area contributed by atoms with Crippen molar-refractivity contribution < 1.29 is 8.42 Å². The Kier molecular flexibility index (Phi) is 5.37. The van der Waals surface area contributed by atoms with E-state index in [4.69, 9.17) is 0 Å². The van der Waals surface area contributed by atoms with E-state index < -0.39 is 14.6 Å². The second-order valence-corrected chi connectivity index (χ2v) is 8.53. The molecule has 1 aromatic rings. The van der Waals surface area contributed by atoms with E-state index in [1.165, 1.54) is 11.8 Å². The Morgan fingerprint density at radius 1 is 1.44 bits per heavy atom. The molecular formula is C13H23NO2S2. The van der Waals surface area contributed by atoms with Crippen molar-refractivity contribution in [3.63, 3.8) is 0 Å². The fourth-order valence-corrected chi connectivity index (χ4v) is 3.37. The van der Waals surface area contributed by atoms with Crippen LogP contribution < -0.4 is 5.32 Å². The molecule has 0 spiro atoms. The van der Waals surface area contributed by atoms with Gasteiger partial charge in [-0.3, -0.25) is 0 Å². The van der Waals surface area contributed by atoms with Gasteiger partial charge in [-0.15, -0.1) is 0 Å². The number of thiophene rings is 1. The third kappa shape index (κ3) is 3.80. The molecule has 0 saturated heterocycles. The van der Waals surface area contributed by atoms with Gasteiger partial charge in [0.05, 0.1) is 4.75 Å². The molecule has 1 heterocycles. The van der Waals surface area contributed by atoms with Crippen LogP contribution in [0.25, 0.3) is 0 Å². The van der Waals surface area contributed by atoms with Crippen LogP contribution >= 0.6 is 11.3 Å². The molecule has 0 aliphatic heterocycles. The van der Waals surface area contributed by atoms with Crippen molar-refractivity contribution in [2.24, 2.45) is 0 Å². The molecule has 1 aromatic heterocycles. The Bertz CT molecular complexity index is 449. The van der Waals surface area contributed by atoms with Crippen molar-refractivity contribution in [2.45, 2.75) is 44.4 Å². The van der Waals surface area contributed by atoms with E-state index in [2.05, 4.69) is 22.1 Å². The van der Waals surface area contributed by atoms with Gasteiger partial charge < -0.3 is 5.32 Å². The number of hydrogen-bond acceptors (Lipinski definition) is 4. The van der Waals surface area contributed by atoms with Crippen LogP contribution in [0.3, 0.4) is 0 Å². The maximum absolute atomic E-state index is 11.9. The zero-order valence-corrected chi connectivity index (χ0v) is 13.2. The lowest BCUT2D eigenvalue weighted by Crippen LogP contribution is -2.51. The molecule has 0 saturated carbocycles. The van der Waals surface area contributed by atoms with Gasteiger partial charge >= 0.3 is 0 Å². The van der Waals surface area contributed by atoms with Gasteiger partial charge in [-0.25, -0.2) is 8.42 Å². The molecule has 18 heavy (non-hydrogen) atoms. The van der Waals surface area contributed by atoms with Crippen molar-refractivity contribution in [3.8, 4) is 0 Å². The minimum absolute atomic E-state index is 0.0163. The summed E-state index contributed by atoms with van der Waals surface area (Å²) in [6, 6.07) is 2.08. The molecule has 3 nitrogen and oxygen atoms in total. The molecular weight excluding hydrogens is 266 g/mol. The Morgan fingerprint density at radius 3 is 2.56 bits per heavy atom. The second-order valence-electron chi connectivity index (χ2n) is 5.16. The first-order valence-electron chi connectivity index (χ1n) is 6.23. The van der Waals surface area contributed by atoms with Gasteiger partial charge in [0.1, 0.15) is 0 Å². The van der Waals surface area contributed by atoms with Crippen molar-refractivity contribution >= 4 is 21.2 Å². The molecule has 0 aromatic carbocycles. The fourth-order valence-electron chi connectivity index (χ4n) is 1.95. The molecule has 1 unspecified atom stereocenters. The van der Waals surface area contributed by atoms with Crippen LogP contribution in [0.15, 0.2) is 16.8 Å². The molecule has 0 aliphatic carbocycles. The summed E-state index contributed by atoms with van der Waals surface area (Å²) < 4.78 is 23.0. The summed E-state index contributed by atoms with van der Waals surface area (Å²) in [4.78, 5) is 0. The van der Waals surface area contributed by atoms with E-state index in [9.17, 15) is 8.42 Å². The highest BCUT2D eigenvalue weighted by molar-refractivity contribution is 7.92. The largest absolute Gasteiger partial charge is 0.313 e. The van der Waals surface area contributed by atoms with Gasteiger partial charge in [-0.1, -0.05) is 6.92 Å². The highest BCUT2D eigenvalue weighted by Crippen LogP contribution is 2.24. The first-order chi connectivity index (χ1) is 8.29. The van der Waals surface area contributed by atoms with E-state index in [0.29, 0.717) is 0 Å². The van der Waals surface area contributed by atoms with E-state index >= 15 is 0 Å². The minimum Gasteiger partial charge on any atom is -0.313 e. The van der Waals surface area contributed by atoms with Gasteiger partial charge in [0.2, 0.25) is 0 Å². The summed E-state index contributed by atoms with van der Waals surface area (Å²) in [5, 5.41) is 7.49. The molecule has 1 N–H and O–H groups in total. The summed E-state index contributed by atoms with van der Waals surface area (Å²) in [5.41, 5.74) is 1.28. The Labute approximate surface area is 115 Å². The third-order valence-corrected chi connectivity index (χ3v) is 6.48. The molecule has 0 bridgehead atoms. The lowest BCUT2D eigenvalue weighted by atomic mass is 9.96. The highest BCUT2D eigenvalue weighted by Gasteiger charge is 2.38. The average Bonchev–Trinajstić information content (AvgIpc) is 2.75. The third-order valence-electron chi connectivity index (χ3n) is 3.55. The number of sulfone groups is 1. The SMILES string of the molecule is CCNC(CCc1ccsc1)C(C)(C)S(C)(=O)=O. The maximum atomic E-state index is 11.9. The summed E-state index contributed by atoms with van der Waals surface area (Å²) in [5.74, 6) is 0. The number of nitrogens with one attached hydrogen (secondary N) is 1.